The number of sulfonamides is 1. The summed E-state index contributed by atoms with van der Waals surface area (Å²) in [6.45, 7) is 3.72. The summed E-state index contributed by atoms with van der Waals surface area (Å²) in [4.78, 5) is 33.9. The minimum absolute atomic E-state index is 0. The van der Waals surface area contributed by atoms with E-state index < -0.39 is 21.7 Å². The molecule has 2 fully saturated rings. The fourth-order valence-electron chi connectivity index (χ4n) is 5.38. The van der Waals surface area contributed by atoms with Crippen molar-refractivity contribution in [3.05, 3.63) is 65.9 Å². The number of nitrogens with one attached hydrogen (secondary N) is 1. The van der Waals surface area contributed by atoms with Crippen molar-refractivity contribution in [2.75, 3.05) is 50.8 Å². The van der Waals surface area contributed by atoms with Crippen LogP contribution >= 0.6 is 24.0 Å². The summed E-state index contributed by atoms with van der Waals surface area (Å²) in [6, 6.07) is 14.0. The molecule has 10 nitrogen and oxygen atoms in total. The number of benzene rings is 2. The van der Waals surface area contributed by atoms with Gasteiger partial charge < -0.3 is 19.9 Å². The lowest BCUT2D eigenvalue weighted by atomic mass is 9.86. The van der Waals surface area contributed by atoms with E-state index in [1.807, 2.05) is 12.1 Å². The van der Waals surface area contributed by atoms with Crippen LogP contribution in [0, 0.1) is 0 Å². The summed E-state index contributed by atoms with van der Waals surface area (Å²) in [5.41, 5.74) is 0.359. The molecule has 0 bridgehead atoms. The van der Waals surface area contributed by atoms with E-state index in [1.165, 1.54) is 4.31 Å². The summed E-state index contributed by atoms with van der Waals surface area (Å²) in [5, 5.41) is 5.18. The lowest BCUT2D eigenvalue weighted by Gasteiger charge is -2.46. The van der Waals surface area contributed by atoms with Gasteiger partial charge in [0.15, 0.2) is 0 Å². The Balaban J connectivity index is 0.00000387. The van der Waals surface area contributed by atoms with E-state index in [4.69, 9.17) is 16.3 Å². The first kappa shape index (κ1) is 30.8. The Bertz CT molecular complexity index is 1500. The number of ether oxygens (including phenoxy) is 1. The zero-order valence-corrected chi connectivity index (χ0v) is 25.1. The topological polar surface area (TPSA) is 112 Å². The Morgan fingerprint density at radius 3 is 2.39 bits per heavy atom. The molecule has 5 rings (SSSR count). The molecule has 2 aliphatic heterocycles. The first-order valence-corrected chi connectivity index (χ1v) is 15.1. The maximum Gasteiger partial charge on any atom is 0.407 e. The second kappa shape index (κ2) is 12.8. The maximum atomic E-state index is 13.4. The smallest absolute Gasteiger partial charge is 0.407 e. The summed E-state index contributed by atoms with van der Waals surface area (Å²) in [5.74, 6) is -0.302. The van der Waals surface area contributed by atoms with Gasteiger partial charge in [0.25, 0.3) is 0 Å². The number of alkyl carbamates (subject to hydrolysis) is 1. The maximum absolute atomic E-state index is 13.4. The first-order valence-electron chi connectivity index (χ1n) is 13.3. The Hall–Kier alpha value is -3.12. The minimum Gasteiger partial charge on any atom is -0.450 e. The van der Waals surface area contributed by atoms with Crippen LogP contribution in [0.3, 0.4) is 0 Å². The normalized spacial score (nSPS) is 17.7. The summed E-state index contributed by atoms with van der Waals surface area (Å²) < 4.78 is 33.3. The SMILES string of the molecule is CCOC(=O)NC1(CN2CCN(S(=O)(=O)c3ccc4cc(Cl)ccc4c3)CC2=O)CCN(c2ccncc2)CC1.Cl. The largest absolute Gasteiger partial charge is 0.450 e. The highest BCUT2D eigenvalue weighted by Gasteiger charge is 2.41. The Morgan fingerprint density at radius 1 is 1.02 bits per heavy atom. The number of aromatic nitrogens is 1. The van der Waals surface area contributed by atoms with Gasteiger partial charge in [0.1, 0.15) is 0 Å². The second-order valence-corrected chi connectivity index (χ2v) is 12.5. The van der Waals surface area contributed by atoms with Crippen LogP contribution in [0.4, 0.5) is 10.5 Å². The van der Waals surface area contributed by atoms with Gasteiger partial charge >= 0.3 is 6.09 Å². The molecule has 1 N–H and O–H groups in total. The van der Waals surface area contributed by atoms with E-state index >= 15 is 0 Å². The summed E-state index contributed by atoms with van der Waals surface area (Å²) in [6.07, 6.45) is 4.16. The van der Waals surface area contributed by atoms with Crippen molar-refractivity contribution >= 4 is 62.5 Å². The van der Waals surface area contributed by atoms with Gasteiger partial charge in [-0.3, -0.25) is 9.78 Å². The zero-order chi connectivity index (χ0) is 28.3. The molecule has 13 heteroatoms. The number of nitrogens with zero attached hydrogens (tertiary/aromatic N) is 4. The van der Waals surface area contributed by atoms with Gasteiger partial charge in [-0.25, -0.2) is 13.2 Å². The zero-order valence-electron chi connectivity index (χ0n) is 22.7. The highest BCUT2D eigenvalue weighted by atomic mass is 35.5. The van der Waals surface area contributed by atoms with Crippen LogP contribution in [0.1, 0.15) is 19.8 Å². The molecule has 2 saturated heterocycles. The number of piperidine rings is 1. The number of pyridine rings is 1. The van der Waals surface area contributed by atoms with Gasteiger partial charge in [0.05, 0.1) is 23.6 Å². The fourth-order valence-corrected chi connectivity index (χ4v) is 6.98. The number of hydrogen-bond donors (Lipinski definition) is 1. The monoisotopic (exact) mass is 621 g/mol. The van der Waals surface area contributed by atoms with Gasteiger partial charge in [-0.2, -0.15) is 4.31 Å². The van der Waals surface area contributed by atoms with Crippen LogP contribution in [0.15, 0.2) is 65.8 Å². The summed E-state index contributed by atoms with van der Waals surface area (Å²) >= 11 is 6.05. The Kier molecular flexibility index (Phi) is 9.63. The molecule has 0 spiro atoms. The van der Waals surface area contributed by atoms with Gasteiger partial charge in [-0.05, 0) is 66.9 Å². The molecule has 0 saturated carbocycles. The quantitative estimate of drug-likeness (QED) is 0.425. The molecule has 3 aromatic rings. The molecule has 1 aromatic heterocycles. The van der Waals surface area contributed by atoms with E-state index in [0.717, 1.165) is 16.5 Å². The molecule has 3 heterocycles. The number of amides is 2. The highest BCUT2D eigenvalue weighted by molar-refractivity contribution is 7.89. The number of hydrogen-bond acceptors (Lipinski definition) is 7. The minimum atomic E-state index is -3.88. The highest BCUT2D eigenvalue weighted by Crippen LogP contribution is 2.29. The number of carbonyl (C=O) groups is 2. The van der Waals surface area contributed by atoms with E-state index in [9.17, 15) is 18.0 Å². The first-order chi connectivity index (χ1) is 19.2. The van der Waals surface area contributed by atoms with Crippen molar-refractivity contribution in [2.45, 2.75) is 30.2 Å². The third-order valence-electron chi connectivity index (χ3n) is 7.58. The van der Waals surface area contributed by atoms with Gasteiger partial charge in [-0.1, -0.05) is 23.7 Å². The van der Waals surface area contributed by atoms with E-state index in [-0.39, 0.29) is 56.0 Å². The molecular weight excluding hydrogens is 589 g/mol. The molecule has 41 heavy (non-hydrogen) atoms. The van der Waals surface area contributed by atoms with Crippen molar-refractivity contribution in [3.63, 3.8) is 0 Å². The van der Waals surface area contributed by atoms with Crippen LogP contribution in [0.5, 0.6) is 0 Å². The fraction of sp³-hybridized carbons (Fsp3) is 0.393. The predicted octanol–water partition coefficient (Wildman–Crippen LogP) is 3.93. The second-order valence-electron chi connectivity index (χ2n) is 10.1. The average Bonchev–Trinajstić information content (AvgIpc) is 2.94. The molecule has 0 radical (unpaired) electrons. The number of carbonyl (C=O) groups excluding carboxylic acids is 2. The molecule has 220 valence electrons. The standard InChI is InChI=1S/C28H32ClN5O5S.ClH/c1-2-39-27(36)31-28(9-13-32(14-10-28)24-7-11-30-12-8-24)20-33-15-16-34(19-26(33)35)40(37,38)25-6-4-21-17-23(29)5-3-22(21)18-25;/h3-8,11-12,17-18H,2,9-10,13-16,19-20H2,1H3,(H,31,36);1H. The third kappa shape index (κ3) is 6.86. The van der Waals surface area contributed by atoms with Gasteiger partial charge in [0, 0.05) is 55.8 Å². The number of rotatable bonds is 7. The van der Waals surface area contributed by atoms with Gasteiger partial charge in [-0.15, -0.1) is 12.4 Å². The van der Waals surface area contributed by atoms with Crippen molar-refractivity contribution in [1.29, 1.82) is 0 Å². The van der Waals surface area contributed by atoms with E-state index in [2.05, 4.69) is 15.2 Å². The van der Waals surface area contributed by atoms with Crippen LogP contribution in [0.25, 0.3) is 10.8 Å². The molecule has 0 aliphatic carbocycles. The summed E-state index contributed by atoms with van der Waals surface area (Å²) in [7, 11) is -3.88. The molecule has 2 aliphatic rings. The molecule has 2 aromatic carbocycles. The number of anilines is 1. The van der Waals surface area contributed by atoms with Gasteiger partial charge in [0.2, 0.25) is 15.9 Å². The third-order valence-corrected chi connectivity index (χ3v) is 9.66. The van der Waals surface area contributed by atoms with Crippen molar-refractivity contribution < 1.29 is 22.7 Å². The lowest BCUT2D eigenvalue weighted by Crippen LogP contribution is -2.64. The van der Waals surface area contributed by atoms with Crippen LogP contribution < -0.4 is 10.2 Å². The van der Waals surface area contributed by atoms with Crippen LogP contribution in [-0.4, -0.2) is 86.0 Å². The van der Waals surface area contributed by atoms with Crippen LogP contribution in [0.2, 0.25) is 5.02 Å². The average molecular weight is 623 g/mol. The Morgan fingerprint density at radius 2 is 1.71 bits per heavy atom. The van der Waals surface area contributed by atoms with E-state index in [1.54, 1.807) is 60.6 Å². The lowest BCUT2D eigenvalue weighted by molar-refractivity contribution is -0.135. The van der Waals surface area contributed by atoms with E-state index in [0.29, 0.717) is 31.0 Å². The molecule has 0 unspecified atom stereocenters. The van der Waals surface area contributed by atoms with Crippen LogP contribution in [-0.2, 0) is 19.6 Å². The number of fused-ring (bicyclic) bond motifs is 1. The number of halogens is 2. The van der Waals surface area contributed by atoms with Crippen molar-refractivity contribution in [1.82, 2.24) is 19.5 Å². The number of piperazine rings is 1. The predicted molar refractivity (Wildman–Crippen MR) is 160 cm³/mol. The Labute approximate surface area is 251 Å². The van der Waals surface area contributed by atoms with Crippen molar-refractivity contribution in [3.8, 4) is 0 Å². The van der Waals surface area contributed by atoms with Crippen molar-refractivity contribution in [2.24, 2.45) is 0 Å². The molecule has 2 amide bonds. The molecular formula is C28H33Cl2N5O5S. The molecule has 0 atom stereocenters.